The van der Waals surface area contributed by atoms with Crippen LogP contribution >= 0.6 is 0 Å². The molecule has 0 saturated heterocycles. The summed E-state index contributed by atoms with van der Waals surface area (Å²) in [6, 6.07) is 0.547. The van der Waals surface area contributed by atoms with Gasteiger partial charge >= 0.3 is 6.03 Å². The highest BCUT2D eigenvalue weighted by Crippen LogP contribution is 2.06. The van der Waals surface area contributed by atoms with E-state index in [1.165, 1.54) is 19.3 Å². The maximum Gasteiger partial charge on any atom is 0.317 e. The van der Waals surface area contributed by atoms with Crippen LogP contribution in [0.1, 0.15) is 59.8 Å². The Morgan fingerprint density at radius 2 is 1.50 bits per heavy atom. The predicted octanol–water partition coefficient (Wildman–Crippen LogP) is 2.72. The Hall–Kier alpha value is -0.770. The monoisotopic (exact) mass is 257 g/mol. The van der Waals surface area contributed by atoms with Gasteiger partial charge in [-0.05, 0) is 47.1 Å². The molecule has 0 atom stereocenters. The lowest BCUT2D eigenvalue weighted by molar-refractivity contribution is 0.165. The van der Waals surface area contributed by atoms with Gasteiger partial charge in [0.05, 0.1) is 0 Å². The first-order valence-electron chi connectivity index (χ1n) is 7.27. The molecule has 0 aliphatic carbocycles. The van der Waals surface area contributed by atoms with E-state index in [-0.39, 0.29) is 18.1 Å². The van der Waals surface area contributed by atoms with Crippen molar-refractivity contribution in [1.82, 2.24) is 10.2 Å². The molecule has 0 fully saturated rings. The molecule has 0 rings (SSSR count). The van der Waals surface area contributed by atoms with Crippen LogP contribution in [-0.2, 0) is 0 Å². The first-order chi connectivity index (χ1) is 8.50. The summed E-state index contributed by atoms with van der Waals surface area (Å²) in [6.07, 6.45) is 5.75. The second-order valence-electron chi connectivity index (χ2n) is 5.38. The van der Waals surface area contributed by atoms with E-state index >= 15 is 0 Å². The number of carbonyl (C=O) groups is 1. The largest absolute Gasteiger partial charge is 0.338 e. The summed E-state index contributed by atoms with van der Waals surface area (Å²) in [5.74, 6) is 0. The van der Waals surface area contributed by atoms with Gasteiger partial charge in [-0.2, -0.15) is 0 Å². The Balaban J connectivity index is 3.69. The zero-order chi connectivity index (χ0) is 14.0. The average Bonchev–Trinajstić information content (AvgIpc) is 2.26. The van der Waals surface area contributed by atoms with Crippen molar-refractivity contribution in [1.29, 1.82) is 0 Å². The fourth-order valence-corrected chi connectivity index (χ4v) is 2.15. The van der Waals surface area contributed by atoms with E-state index in [2.05, 4.69) is 5.32 Å². The number of rotatable bonds is 9. The van der Waals surface area contributed by atoms with Crippen molar-refractivity contribution < 1.29 is 4.79 Å². The van der Waals surface area contributed by atoms with Crippen molar-refractivity contribution in [2.24, 2.45) is 5.73 Å². The third-order valence-corrected chi connectivity index (χ3v) is 3.00. The molecule has 18 heavy (non-hydrogen) atoms. The second-order valence-corrected chi connectivity index (χ2v) is 5.38. The van der Waals surface area contributed by atoms with Gasteiger partial charge in [-0.25, -0.2) is 4.79 Å². The third-order valence-electron chi connectivity index (χ3n) is 3.00. The number of unbranched alkanes of at least 4 members (excludes halogenated alkanes) is 4. The highest BCUT2D eigenvalue weighted by atomic mass is 16.2. The molecule has 0 spiro atoms. The van der Waals surface area contributed by atoms with Crippen LogP contribution in [0.4, 0.5) is 4.79 Å². The molecule has 0 aliphatic heterocycles. The summed E-state index contributed by atoms with van der Waals surface area (Å²) in [4.78, 5) is 13.8. The number of carbonyl (C=O) groups excluding carboxylic acids is 1. The Morgan fingerprint density at radius 1 is 1.00 bits per heavy atom. The fraction of sp³-hybridized carbons (Fsp3) is 0.929. The molecule has 0 aromatic heterocycles. The summed E-state index contributed by atoms with van der Waals surface area (Å²) in [5, 5.41) is 3.00. The van der Waals surface area contributed by atoms with E-state index in [4.69, 9.17) is 5.73 Å². The zero-order valence-corrected chi connectivity index (χ0v) is 12.5. The molecule has 4 nitrogen and oxygen atoms in total. The van der Waals surface area contributed by atoms with Crippen molar-refractivity contribution in [2.45, 2.75) is 71.9 Å². The SMILES string of the molecule is CC(C)N(C(=O)NCCCCCCCN)C(C)C. The van der Waals surface area contributed by atoms with Crippen LogP contribution in [0.3, 0.4) is 0 Å². The number of nitrogens with zero attached hydrogens (tertiary/aromatic N) is 1. The number of hydrogen-bond donors (Lipinski definition) is 2. The van der Waals surface area contributed by atoms with Gasteiger partial charge in [0, 0.05) is 18.6 Å². The maximum absolute atomic E-state index is 12.0. The molecule has 4 heteroatoms. The number of nitrogens with one attached hydrogen (secondary N) is 1. The van der Waals surface area contributed by atoms with Gasteiger partial charge in [0.2, 0.25) is 0 Å². The Bertz CT molecular complexity index is 209. The number of amides is 2. The van der Waals surface area contributed by atoms with Crippen LogP contribution in [0.5, 0.6) is 0 Å². The lowest BCUT2D eigenvalue weighted by Gasteiger charge is -2.30. The predicted molar refractivity (Wildman–Crippen MR) is 77.6 cm³/mol. The van der Waals surface area contributed by atoms with Crippen LogP contribution in [-0.4, -0.2) is 36.1 Å². The maximum atomic E-state index is 12.0. The van der Waals surface area contributed by atoms with Crippen molar-refractivity contribution in [3.8, 4) is 0 Å². The normalized spacial score (nSPS) is 11.1. The lowest BCUT2D eigenvalue weighted by atomic mass is 10.1. The van der Waals surface area contributed by atoms with Gasteiger partial charge < -0.3 is 16.0 Å². The van der Waals surface area contributed by atoms with Gasteiger partial charge in [-0.15, -0.1) is 0 Å². The van der Waals surface area contributed by atoms with Crippen LogP contribution in [0.15, 0.2) is 0 Å². The first-order valence-corrected chi connectivity index (χ1v) is 7.27. The minimum absolute atomic E-state index is 0.0574. The van der Waals surface area contributed by atoms with Crippen molar-refractivity contribution >= 4 is 6.03 Å². The van der Waals surface area contributed by atoms with Gasteiger partial charge in [-0.3, -0.25) is 0 Å². The van der Waals surface area contributed by atoms with Gasteiger partial charge in [0.25, 0.3) is 0 Å². The van der Waals surface area contributed by atoms with E-state index in [0.717, 1.165) is 25.9 Å². The summed E-state index contributed by atoms with van der Waals surface area (Å²) in [6.45, 7) is 9.75. The first kappa shape index (κ1) is 17.2. The lowest BCUT2D eigenvalue weighted by Crippen LogP contribution is -2.47. The van der Waals surface area contributed by atoms with E-state index in [1.807, 2.05) is 32.6 Å². The summed E-state index contributed by atoms with van der Waals surface area (Å²) in [5.41, 5.74) is 5.44. The Kier molecular flexibility index (Phi) is 9.74. The van der Waals surface area contributed by atoms with Crippen molar-refractivity contribution in [3.63, 3.8) is 0 Å². The minimum atomic E-state index is 0.0574. The number of urea groups is 1. The molecule has 108 valence electrons. The van der Waals surface area contributed by atoms with Gasteiger partial charge in [0.1, 0.15) is 0 Å². The van der Waals surface area contributed by atoms with E-state index in [9.17, 15) is 4.79 Å². The standard InChI is InChI=1S/C14H31N3O/c1-12(2)17(13(3)4)14(18)16-11-9-7-5-6-8-10-15/h12-13H,5-11,15H2,1-4H3,(H,16,18). The molecule has 3 N–H and O–H groups in total. The Morgan fingerprint density at radius 3 is 2.00 bits per heavy atom. The van der Waals surface area contributed by atoms with Crippen LogP contribution in [0, 0.1) is 0 Å². The molecule has 0 radical (unpaired) electrons. The minimum Gasteiger partial charge on any atom is -0.338 e. The molecule has 0 heterocycles. The third kappa shape index (κ3) is 7.54. The highest BCUT2D eigenvalue weighted by molar-refractivity contribution is 5.74. The quantitative estimate of drug-likeness (QED) is 0.624. The molecule has 2 amide bonds. The number of hydrogen-bond acceptors (Lipinski definition) is 2. The van der Waals surface area contributed by atoms with E-state index in [0.29, 0.717) is 0 Å². The summed E-state index contributed by atoms with van der Waals surface area (Å²) < 4.78 is 0. The molecule has 0 bridgehead atoms. The van der Waals surface area contributed by atoms with Crippen molar-refractivity contribution in [3.05, 3.63) is 0 Å². The zero-order valence-electron chi connectivity index (χ0n) is 12.5. The molecule has 0 aromatic rings. The molecule has 0 aromatic carbocycles. The molecule has 0 unspecified atom stereocenters. The van der Waals surface area contributed by atoms with E-state index < -0.39 is 0 Å². The van der Waals surface area contributed by atoms with E-state index in [1.54, 1.807) is 0 Å². The molecular weight excluding hydrogens is 226 g/mol. The molecule has 0 saturated carbocycles. The van der Waals surface area contributed by atoms with Crippen LogP contribution in [0.2, 0.25) is 0 Å². The molecule has 0 aliphatic rings. The average molecular weight is 257 g/mol. The highest BCUT2D eigenvalue weighted by Gasteiger charge is 2.18. The van der Waals surface area contributed by atoms with Gasteiger partial charge in [-0.1, -0.05) is 19.3 Å². The topological polar surface area (TPSA) is 58.4 Å². The fourth-order valence-electron chi connectivity index (χ4n) is 2.15. The smallest absolute Gasteiger partial charge is 0.317 e. The summed E-state index contributed by atoms with van der Waals surface area (Å²) >= 11 is 0. The molecular formula is C14H31N3O. The van der Waals surface area contributed by atoms with Gasteiger partial charge in [0.15, 0.2) is 0 Å². The van der Waals surface area contributed by atoms with Crippen LogP contribution in [0.25, 0.3) is 0 Å². The number of nitrogens with two attached hydrogens (primary N) is 1. The van der Waals surface area contributed by atoms with Crippen molar-refractivity contribution in [2.75, 3.05) is 13.1 Å². The second kappa shape index (κ2) is 10.2. The summed E-state index contributed by atoms with van der Waals surface area (Å²) in [7, 11) is 0. The Labute approximate surface area is 112 Å². The van der Waals surface area contributed by atoms with Crippen LogP contribution < -0.4 is 11.1 Å².